The number of hydrogen-bond donors (Lipinski definition) is 2. The molecule has 0 saturated carbocycles. The molecule has 6 heteroatoms. The fourth-order valence-corrected chi connectivity index (χ4v) is 2.62. The summed E-state index contributed by atoms with van der Waals surface area (Å²) in [5.74, 6) is 0.329. The molecule has 5 nitrogen and oxygen atoms in total. The van der Waals surface area contributed by atoms with Crippen LogP contribution in [-0.4, -0.2) is 15.9 Å². The minimum absolute atomic E-state index is 0.237. The van der Waals surface area contributed by atoms with Crippen molar-refractivity contribution in [2.45, 2.75) is 13.5 Å². The van der Waals surface area contributed by atoms with Crippen LogP contribution in [0.3, 0.4) is 0 Å². The summed E-state index contributed by atoms with van der Waals surface area (Å²) >= 11 is 3.50. The molecule has 0 atom stereocenters. The molecule has 2 aromatic carbocycles. The standard InChI is InChI=1S/C19H17BrN4O/c1-13-7-8-15(9-16(13)20)24-18-10-17(22-12-23-18)19(25)21-11-14-5-3-2-4-6-14/h2-10,12H,11H2,1H3,(H,21,25)(H,22,23,24). The number of rotatable bonds is 5. The highest BCUT2D eigenvalue weighted by Crippen LogP contribution is 2.22. The molecule has 0 fully saturated rings. The van der Waals surface area contributed by atoms with Crippen LogP contribution in [-0.2, 0) is 6.54 Å². The molecule has 25 heavy (non-hydrogen) atoms. The lowest BCUT2D eigenvalue weighted by Gasteiger charge is -2.09. The first kappa shape index (κ1) is 17.1. The Balaban J connectivity index is 1.68. The summed E-state index contributed by atoms with van der Waals surface area (Å²) in [6.07, 6.45) is 1.38. The predicted molar refractivity (Wildman–Crippen MR) is 102 cm³/mol. The lowest BCUT2D eigenvalue weighted by atomic mass is 10.2. The number of nitrogens with zero attached hydrogens (tertiary/aromatic N) is 2. The van der Waals surface area contributed by atoms with Gasteiger partial charge in [-0.15, -0.1) is 0 Å². The zero-order chi connectivity index (χ0) is 17.6. The average molecular weight is 397 g/mol. The number of carbonyl (C=O) groups is 1. The van der Waals surface area contributed by atoms with E-state index in [0.29, 0.717) is 18.1 Å². The van der Waals surface area contributed by atoms with E-state index in [1.807, 2.05) is 55.5 Å². The van der Waals surface area contributed by atoms with Crippen LogP contribution in [0.5, 0.6) is 0 Å². The number of halogens is 1. The fourth-order valence-electron chi connectivity index (χ4n) is 2.24. The minimum Gasteiger partial charge on any atom is -0.347 e. The molecule has 3 aromatic rings. The minimum atomic E-state index is -0.237. The Kier molecular flexibility index (Phi) is 5.40. The molecule has 0 aliphatic rings. The third-order valence-electron chi connectivity index (χ3n) is 3.64. The first-order chi connectivity index (χ1) is 12.1. The van der Waals surface area contributed by atoms with Gasteiger partial charge in [0.1, 0.15) is 17.8 Å². The maximum Gasteiger partial charge on any atom is 0.270 e. The molecule has 2 N–H and O–H groups in total. The van der Waals surface area contributed by atoms with Gasteiger partial charge < -0.3 is 10.6 Å². The first-order valence-electron chi connectivity index (χ1n) is 7.79. The molecule has 0 aliphatic heterocycles. The molecular formula is C19H17BrN4O. The Hall–Kier alpha value is -2.73. The van der Waals surface area contributed by atoms with Crippen LogP contribution in [0.4, 0.5) is 11.5 Å². The van der Waals surface area contributed by atoms with Crippen molar-refractivity contribution in [3.63, 3.8) is 0 Å². The van der Waals surface area contributed by atoms with Crippen LogP contribution in [0.1, 0.15) is 21.6 Å². The van der Waals surface area contributed by atoms with Gasteiger partial charge in [-0.1, -0.05) is 52.3 Å². The smallest absolute Gasteiger partial charge is 0.270 e. The van der Waals surface area contributed by atoms with Crippen molar-refractivity contribution in [2.24, 2.45) is 0 Å². The Morgan fingerprint density at radius 2 is 1.88 bits per heavy atom. The number of carbonyl (C=O) groups excluding carboxylic acids is 1. The summed E-state index contributed by atoms with van der Waals surface area (Å²) < 4.78 is 1.01. The van der Waals surface area contributed by atoms with Crippen LogP contribution in [0.2, 0.25) is 0 Å². The van der Waals surface area contributed by atoms with Crippen molar-refractivity contribution in [1.29, 1.82) is 0 Å². The number of nitrogens with one attached hydrogen (secondary N) is 2. The largest absolute Gasteiger partial charge is 0.347 e. The second-order valence-electron chi connectivity index (χ2n) is 5.55. The van der Waals surface area contributed by atoms with Gasteiger partial charge in [-0.05, 0) is 30.2 Å². The molecule has 0 unspecified atom stereocenters. The Morgan fingerprint density at radius 3 is 2.64 bits per heavy atom. The van der Waals surface area contributed by atoms with Gasteiger partial charge in [-0.2, -0.15) is 0 Å². The van der Waals surface area contributed by atoms with Gasteiger partial charge in [0, 0.05) is 22.8 Å². The first-order valence-corrected chi connectivity index (χ1v) is 8.58. The van der Waals surface area contributed by atoms with E-state index in [1.165, 1.54) is 6.33 Å². The third kappa shape index (κ3) is 4.64. The van der Waals surface area contributed by atoms with Crippen LogP contribution in [0.25, 0.3) is 0 Å². The highest BCUT2D eigenvalue weighted by Gasteiger charge is 2.09. The highest BCUT2D eigenvalue weighted by molar-refractivity contribution is 9.10. The lowest BCUT2D eigenvalue weighted by molar-refractivity contribution is 0.0946. The van der Waals surface area contributed by atoms with Crippen molar-refractivity contribution >= 4 is 33.3 Å². The molecule has 0 saturated heterocycles. The highest BCUT2D eigenvalue weighted by atomic mass is 79.9. The van der Waals surface area contributed by atoms with E-state index in [1.54, 1.807) is 6.07 Å². The third-order valence-corrected chi connectivity index (χ3v) is 4.49. The molecule has 1 aromatic heterocycles. The molecule has 0 aliphatic carbocycles. The molecular weight excluding hydrogens is 380 g/mol. The van der Waals surface area contributed by atoms with E-state index in [4.69, 9.17) is 0 Å². The van der Waals surface area contributed by atoms with E-state index in [9.17, 15) is 4.79 Å². The summed E-state index contributed by atoms with van der Waals surface area (Å²) in [5, 5.41) is 6.04. The predicted octanol–water partition coefficient (Wildman–Crippen LogP) is 4.22. The van der Waals surface area contributed by atoms with E-state index < -0.39 is 0 Å². The monoisotopic (exact) mass is 396 g/mol. The van der Waals surface area contributed by atoms with Gasteiger partial charge in [0.2, 0.25) is 0 Å². The molecule has 0 radical (unpaired) electrons. The lowest BCUT2D eigenvalue weighted by Crippen LogP contribution is -2.24. The van der Waals surface area contributed by atoms with Crippen LogP contribution in [0, 0.1) is 6.92 Å². The summed E-state index contributed by atoms with van der Waals surface area (Å²) in [4.78, 5) is 20.5. The Morgan fingerprint density at radius 1 is 1.08 bits per heavy atom. The van der Waals surface area contributed by atoms with E-state index in [2.05, 4.69) is 36.5 Å². The Labute approximate surface area is 154 Å². The molecule has 0 bridgehead atoms. The summed E-state index contributed by atoms with van der Waals surface area (Å²) in [6.45, 7) is 2.48. The summed E-state index contributed by atoms with van der Waals surface area (Å²) in [6, 6.07) is 17.3. The van der Waals surface area contributed by atoms with Gasteiger partial charge in [-0.3, -0.25) is 4.79 Å². The van der Waals surface area contributed by atoms with E-state index in [0.717, 1.165) is 21.3 Å². The van der Waals surface area contributed by atoms with Crippen LogP contribution >= 0.6 is 15.9 Å². The number of benzene rings is 2. The van der Waals surface area contributed by atoms with Crippen molar-refractivity contribution in [3.8, 4) is 0 Å². The van der Waals surface area contributed by atoms with Crippen LogP contribution in [0.15, 0.2) is 65.4 Å². The van der Waals surface area contributed by atoms with Crippen LogP contribution < -0.4 is 10.6 Å². The molecule has 1 amide bonds. The maximum atomic E-state index is 12.3. The summed E-state index contributed by atoms with van der Waals surface area (Å²) in [7, 11) is 0. The van der Waals surface area contributed by atoms with Gasteiger partial charge >= 0.3 is 0 Å². The number of amides is 1. The zero-order valence-corrected chi connectivity index (χ0v) is 15.2. The quantitative estimate of drug-likeness (QED) is 0.677. The van der Waals surface area contributed by atoms with Gasteiger partial charge in [-0.25, -0.2) is 9.97 Å². The van der Waals surface area contributed by atoms with E-state index >= 15 is 0 Å². The SMILES string of the molecule is Cc1ccc(Nc2cc(C(=O)NCc3ccccc3)ncn2)cc1Br. The molecule has 3 rings (SSSR count). The van der Waals surface area contributed by atoms with Gasteiger partial charge in [0.15, 0.2) is 0 Å². The molecule has 1 heterocycles. The summed E-state index contributed by atoms with van der Waals surface area (Å²) in [5.41, 5.74) is 3.38. The second-order valence-corrected chi connectivity index (χ2v) is 6.40. The number of aryl methyl sites for hydroxylation is 1. The molecule has 126 valence electrons. The maximum absolute atomic E-state index is 12.3. The average Bonchev–Trinajstić information content (AvgIpc) is 2.64. The van der Waals surface area contributed by atoms with Crippen molar-refractivity contribution < 1.29 is 4.79 Å². The number of hydrogen-bond acceptors (Lipinski definition) is 4. The number of anilines is 2. The topological polar surface area (TPSA) is 66.9 Å². The van der Waals surface area contributed by atoms with Crippen molar-refractivity contribution in [1.82, 2.24) is 15.3 Å². The normalized spacial score (nSPS) is 10.3. The molecule has 0 spiro atoms. The van der Waals surface area contributed by atoms with Crippen molar-refractivity contribution in [2.75, 3.05) is 5.32 Å². The fraction of sp³-hybridized carbons (Fsp3) is 0.105. The number of aromatic nitrogens is 2. The van der Waals surface area contributed by atoms with Crippen molar-refractivity contribution in [3.05, 3.63) is 82.2 Å². The van der Waals surface area contributed by atoms with E-state index in [-0.39, 0.29) is 5.91 Å². The zero-order valence-electron chi connectivity index (χ0n) is 13.7. The second kappa shape index (κ2) is 7.90. The van der Waals surface area contributed by atoms with Gasteiger partial charge in [0.25, 0.3) is 5.91 Å². The Bertz CT molecular complexity index is 884. The van der Waals surface area contributed by atoms with Gasteiger partial charge in [0.05, 0.1) is 0 Å².